The van der Waals surface area contributed by atoms with Gasteiger partial charge in [0, 0.05) is 12.8 Å². The van der Waals surface area contributed by atoms with E-state index in [1.54, 1.807) is 6.92 Å². The highest BCUT2D eigenvalue weighted by Gasteiger charge is 2.12. The lowest BCUT2D eigenvalue weighted by Gasteiger charge is -2.16. The highest BCUT2D eigenvalue weighted by Crippen LogP contribution is 2.10. The lowest BCUT2D eigenvalue weighted by atomic mass is 9.99. The van der Waals surface area contributed by atoms with Crippen molar-refractivity contribution in [3.63, 3.8) is 0 Å². The van der Waals surface area contributed by atoms with E-state index in [2.05, 4.69) is 0 Å². The minimum atomic E-state index is -0.596. The average Bonchev–Trinajstić information content (AvgIpc) is 2.17. The topological polar surface area (TPSA) is 37.3 Å². The highest BCUT2D eigenvalue weighted by atomic mass is 16.3. The maximum Gasteiger partial charge on any atom is 0.129 e. The summed E-state index contributed by atoms with van der Waals surface area (Å²) in [6.07, 6.45) is 1.38. The van der Waals surface area contributed by atoms with E-state index in [-0.39, 0.29) is 5.78 Å². The molecule has 1 rings (SSSR count). The smallest absolute Gasteiger partial charge is 0.129 e. The van der Waals surface area contributed by atoms with Gasteiger partial charge in [-0.3, -0.25) is 0 Å². The monoisotopic (exact) mass is 222 g/mol. The van der Waals surface area contributed by atoms with Crippen molar-refractivity contribution in [1.29, 1.82) is 0 Å². The third-order valence-corrected chi connectivity index (χ3v) is 1.98. The molecule has 0 aliphatic rings. The van der Waals surface area contributed by atoms with E-state index in [0.717, 1.165) is 0 Å². The van der Waals surface area contributed by atoms with Gasteiger partial charge < -0.3 is 9.90 Å². The molecule has 0 fully saturated rings. The Morgan fingerprint density at radius 2 is 1.69 bits per heavy atom. The van der Waals surface area contributed by atoms with E-state index < -0.39 is 5.60 Å². The molecule has 0 amide bonds. The van der Waals surface area contributed by atoms with Gasteiger partial charge in [-0.25, -0.2) is 0 Å². The molecule has 90 valence electrons. The minimum Gasteiger partial charge on any atom is -0.390 e. The molecule has 0 saturated carbocycles. The van der Waals surface area contributed by atoms with Gasteiger partial charge >= 0.3 is 0 Å². The molecule has 0 aliphatic carbocycles. The number of Topliss-reactive ketones (excluding diaryl/α,β-unsaturated/α-hetero) is 1. The summed E-state index contributed by atoms with van der Waals surface area (Å²) in [5, 5.41) is 9.47. The molecular weight excluding hydrogens is 200 g/mol. The second kappa shape index (κ2) is 7.18. The summed E-state index contributed by atoms with van der Waals surface area (Å²) < 4.78 is 0. The first-order valence-corrected chi connectivity index (χ1v) is 5.61. The Hall–Kier alpha value is -1.15. The molecule has 1 aromatic carbocycles. The summed E-state index contributed by atoms with van der Waals surface area (Å²) in [6.45, 7) is 7.07. The average molecular weight is 222 g/mol. The van der Waals surface area contributed by atoms with Gasteiger partial charge in [-0.05, 0) is 26.3 Å². The fourth-order valence-corrected chi connectivity index (χ4v) is 1.10. The van der Waals surface area contributed by atoms with Gasteiger partial charge in [0.15, 0.2) is 0 Å². The molecule has 1 N–H and O–H groups in total. The third-order valence-electron chi connectivity index (χ3n) is 1.98. The van der Waals surface area contributed by atoms with Crippen LogP contribution < -0.4 is 0 Å². The van der Waals surface area contributed by atoms with E-state index in [1.165, 1.54) is 5.56 Å². The molecule has 2 heteroatoms. The molecule has 0 saturated heterocycles. The van der Waals surface area contributed by atoms with Crippen molar-refractivity contribution in [2.75, 3.05) is 0 Å². The van der Waals surface area contributed by atoms with Crippen LogP contribution in [0.2, 0.25) is 0 Å². The molecule has 0 aliphatic heterocycles. The van der Waals surface area contributed by atoms with Crippen LogP contribution in [-0.2, 0) is 11.2 Å². The minimum absolute atomic E-state index is 0.255. The Morgan fingerprint density at radius 1 is 1.25 bits per heavy atom. The van der Waals surface area contributed by atoms with E-state index in [9.17, 15) is 9.90 Å². The van der Waals surface area contributed by atoms with Gasteiger partial charge in [0.2, 0.25) is 0 Å². The summed E-state index contributed by atoms with van der Waals surface area (Å²) in [5.41, 5.74) is 0.585. The molecule has 0 bridgehead atoms. The summed E-state index contributed by atoms with van der Waals surface area (Å²) >= 11 is 0. The zero-order valence-corrected chi connectivity index (χ0v) is 10.7. The van der Waals surface area contributed by atoms with Crippen molar-refractivity contribution in [2.24, 2.45) is 0 Å². The fraction of sp³-hybridized carbons (Fsp3) is 0.500. The van der Waals surface area contributed by atoms with E-state index >= 15 is 0 Å². The largest absolute Gasteiger partial charge is 0.390 e. The number of benzene rings is 1. The molecule has 2 nitrogen and oxygen atoms in total. The van der Waals surface area contributed by atoms with Crippen LogP contribution in [-0.4, -0.2) is 16.5 Å². The molecule has 1 aromatic rings. The summed E-state index contributed by atoms with van der Waals surface area (Å²) in [6, 6.07) is 10.0. The molecule has 0 unspecified atom stereocenters. The van der Waals surface area contributed by atoms with Gasteiger partial charge in [-0.2, -0.15) is 0 Å². The van der Waals surface area contributed by atoms with Crippen molar-refractivity contribution in [3.05, 3.63) is 35.9 Å². The molecule has 0 heterocycles. The van der Waals surface area contributed by atoms with Crippen molar-refractivity contribution >= 4 is 5.78 Å². The quantitative estimate of drug-likeness (QED) is 0.853. The maximum absolute atomic E-state index is 9.81. The van der Waals surface area contributed by atoms with E-state index in [4.69, 9.17) is 0 Å². The van der Waals surface area contributed by atoms with E-state index in [0.29, 0.717) is 12.8 Å². The SMILES string of the molecule is CC(C)(O)Cc1ccccc1.CCC(C)=O. The standard InChI is InChI=1S/C10H14O.C4H8O/c1-10(2,11)8-9-6-4-3-5-7-9;1-3-4(2)5/h3-7,11H,8H2,1-2H3;3H2,1-2H3. The van der Waals surface area contributed by atoms with Crippen LogP contribution in [0.25, 0.3) is 0 Å². The van der Waals surface area contributed by atoms with Crippen LogP contribution in [0.4, 0.5) is 0 Å². The van der Waals surface area contributed by atoms with Crippen LogP contribution in [0.5, 0.6) is 0 Å². The Bertz CT molecular complexity index is 296. The Morgan fingerprint density at radius 3 is 2.00 bits per heavy atom. The zero-order valence-electron chi connectivity index (χ0n) is 10.7. The van der Waals surface area contributed by atoms with Crippen molar-refractivity contribution < 1.29 is 9.90 Å². The van der Waals surface area contributed by atoms with Crippen LogP contribution in [0.3, 0.4) is 0 Å². The van der Waals surface area contributed by atoms with Gasteiger partial charge in [0.25, 0.3) is 0 Å². The lowest BCUT2D eigenvalue weighted by molar-refractivity contribution is -0.116. The van der Waals surface area contributed by atoms with Crippen LogP contribution >= 0.6 is 0 Å². The van der Waals surface area contributed by atoms with Gasteiger partial charge in [0.05, 0.1) is 5.60 Å². The van der Waals surface area contributed by atoms with Crippen LogP contribution in [0.15, 0.2) is 30.3 Å². The number of rotatable bonds is 3. The lowest BCUT2D eigenvalue weighted by Crippen LogP contribution is -2.21. The number of hydrogen-bond acceptors (Lipinski definition) is 2. The molecule has 16 heavy (non-hydrogen) atoms. The number of carbonyl (C=O) groups is 1. The summed E-state index contributed by atoms with van der Waals surface area (Å²) in [5.74, 6) is 0.255. The molecule has 0 spiro atoms. The first-order chi connectivity index (χ1) is 7.35. The Kier molecular flexibility index (Phi) is 6.66. The third kappa shape index (κ3) is 9.41. The van der Waals surface area contributed by atoms with E-state index in [1.807, 2.05) is 51.1 Å². The first-order valence-electron chi connectivity index (χ1n) is 5.61. The zero-order chi connectivity index (χ0) is 12.6. The molecule has 0 atom stereocenters. The number of carbonyl (C=O) groups excluding carboxylic acids is 1. The predicted molar refractivity (Wildman–Crippen MR) is 67.4 cm³/mol. The fourth-order valence-electron chi connectivity index (χ4n) is 1.10. The number of aliphatic hydroxyl groups is 1. The Balaban J connectivity index is 0.000000385. The second-order valence-corrected chi connectivity index (χ2v) is 4.53. The van der Waals surface area contributed by atoms with Crippen molar-refractivity contribution in [2.45, 2.75) is 46.1 Å². The Labute approximate surface area is 98.3 Å². The van der Waals surface area contributed by atoms with Crippen LogP contribution in [0.1, 0.15) is 39.7 Å². The van der Waals surface area contributed by atoms with Gasteiger partial charge in [-0.1, -0.05) is 37.3 Å². The number of ketones is 1. The maximum atomic E-state index is 9.81. The summed E-state index contributed by atoms with van der Waals surface area (Å²) in [7, 11) is 0. The molecular formula is C14H22O2. The molecule has 0 radical (unpaired) electrons. The first kappa shape index (κ1) is 14.8. The summed E-state index contributed by atoms with van der Waals surface area (Å²) in [4.78, 5) is 9.81. The van der Waals surface area contributed by atoms with Gasteiger partial charge in [0.1, 0.15) is 5.78 Å². The van der Waals surface area contributed by atoms with Crippen molar-refractivity contribution in [1.82, 2.24) is 0 Å². The van der Waals surface area contributed by atoms with Crippen molar-refractivity contribution in [3.8, 4) is 0 Å². The normalized spacial score (nSPS) is 10.3. The number of hydrogen-bond donors (Lipinski definition) is 1. The van der Waals surface area contributed by atoms with Crippen LogP contribution in [0, 0.1) is 0 Å². The predicted octanol–water partition coefficient (Wildman–Crippen LogP) is 2.99. The second-order valence-electron chi connectivity index (χ2n) is 4.53. The van der Waals surface area contributed by atoms with Gasteiger partial charge in [-0.15, -0.1) is 0 Å². The molecule has 0 aromatic heterocycles. The highest BCUT2D eigenvalue weighted by molar-refractivity contribution is 5.74.